The summed E-state index contributed by atoms with van der Waals surface area (Å²) in [5.41, 5.74) is 1.04. The zero-order valence-electron chi connectivity index (χ0n) is 12.3. The van der Waals surface area contributed by atoms with Crippen LogP contribution in [0, 0.1) is 0 Å². The Morgan fingerprint density at radius 1 is 1.39 bits per heavy atom. The fourth-order valence-corrected chi connectivity index (χ4v) is 2.80. The first-order chi connectivity index (χ1) is 8.41. The van der Waals surface area contributed by atoms with E-state index < -0.39 is 0 Å². The zero-order valence-corrected chi connectivity index (χ0v) is 13.1. The van der Waals surface area contributed by atoms with Gasteiger partial charge in [-0.1, -0.05) is 18.3 Å². The maximum Gasteiger partial charge on any atom is 0.0829 e. The molecular weight excluding hydrogens is 246 g/mol. The average Bonchev–Trinajstić information content (AvgIpc) is 2.79. The van der Waals surface area contributed by atoms with Gasteiger partial charge in [0.2, 0.25) is 0 Å². The molecule has 0 saturated carbocycles. The Bertz CT molecular complexity index is 363. The fourth-order valence-electron chi connectivity index (χ4n) is 1.85. The lowest BCUT2D eigenvalue weighted by atomic mass is 9.96. The summed E-state index contributed by atoms with van der Waals surface area (Å²) in [4.78, 5) is 1.26. The molecule has 5 heteroatoms. The molecule has 0 fully saturated rings. The van der Waals surface area contributed by atoms with E-state index in [1.807, 2.05) is 7.05 Å². The molecule has 0 aliphatic heterocycles. The van der Waals surface area contributed by atoms with Crippen molar-refractivity contribution in [1.82, 2.24) is 14.9 Å². The molecule has 1 unspecified atom stereocenters. The molecule has 0 saturated heterocycles. The summed E-state index contributed by atoms with van der Waals surface area (Å²) in [6.45, 7) is 8.56. The molecule has 0 aliphatic rings. The van der Waals surface area contributed by atoms with Crippen LogP contribution < -0.4 is 5.32 Å². The predicted molar refractivity (Wildman–Crippen MR) is 76.1 cm³/mol. The van der Waals surface area contributed by atoms with Gasteiger partial charge < -0.3 is 10.1 Å². The van der Waals surface area contributed by atoms with Crippen LogP contribution in [-0.4, -0.2) is 29.3 Å². The molecule has 1 atom stereocenters. The van der Waals surface area contributed by atoms with Crippen LogP contribution in [0.15, 0.2) is 0 Å². The van der Waals surface area contributed by atoms with Crippen molar-refractivity contribution in [2.45, 2.75) is 58.1 Å². The number of hydrogen-bond acceptors (Lipinski definition) is 5. The Hall–Kier alpha value is -0.520. The summed E-state index contributed by atoms with van der Waals surface area (Å²) < 4.78 is 9.57. The van der Waals surface area contributed by atoms with E-state index >= 15 is 0 Å². The van der Waals surface area contributed by atoms with Crippen LogP contribution in [-0.2, 0) is 4.74 Å². The second kappa shape index (κ2) is 6.59. The van der Waals surface area contributed by atoms with E-state index in [0.717, 1.165) is 18.5 Å². The summed E-state index contributed by atoms with van der Waals surface area (Å²) in [5, 5.41) is 7.62. The van der Waals surface area contributed by atoms with E-state index in [9.17, 15) is 0 Å². The number of hydrogen-bond donors (Lipinski definition) is 1. The maximum absolute atomic E-state index is 5.47. The summed E-state index contributed by atoms with van der Waals surface area (Å²) in [6.07, 6.45) is 2.03. The molecule has 18 heavy (non-hydrogen) atoms. The number of nitrogens with zero attached hydrogens (tertiary/aromatic N) is 2. The van der Waals surface area contributed by atoms with E-state index in [1.54, 1.807) is 7.11 Å². The lowest BCUT2D eigenvalue weighted by Crippen LogP contribution is -2.26. The van der Waals surface area contributed by atoms with Crippen LogP contribution >= 0.6 is 11.5 Å². The van der Waals surface area contributed by atoms with Crippen molar-refractivity contribution in [3.8, 4) is 0 Å². The number of ether oxygens (including phenoxy) is 1. The summed E-state index contributed by atoms with van der Waals surface area (Å²) in [6, 6.07) is 0.317. The zero-order chi connectivity index (χ0) is 13.8. The number of rotatable bonds is 7. The Kier molecular flexibility index (Phi) is 5.69. The van der Waals surface area contributed by atoms with E-state index in [-0.39, 0.29) is 5.60 Å². The third-order valence-corrected chi connectivity index (χ3v) is 4.19. The van der Waals surface area contributed by atoms with E-state index in [0.29, 0.717) is 12.0 Å². The highest BCUT2D eigenvalue weighted by Gasteiger charge is 2.23. The van der Waals surface area contributed by atoms with Crippen molar-refractivity contribution < 1.29 is 4.74 Å². The lowest BCUT2D eigenvalue weighted by Gasteiger charge is -2.25. The fraction of sp³-hybridized carbons (Fsp3) is 0.846. The van der Waals surface area contributed by atoms with Gasteiger partial charge in [-0.2, -0.15) is 0 Å². The lowest BCUT2D eigenvalue weighted by molar-refractivity contribution is 0.0119. The monoisotopic (exact) mass is 271 g/mol. The molecule has 1 aromatic heterocycles. The quantitative estimate of drug-likeness (QED) is 0.827. The predicted octanol–water partition coefficient (Wildman–Crippen LogP) is 3.13. The second-order valence-electron chi connectivity index (χ2n) is 5.52. The molecule has 0 aromatic carbocycles. The Morgan fingerprint density at radius 3 is 2.56 bits per heavy atom. The summed E-state index contributed by atoms with van der Waals surface area (Å²) in [7, 11) is 3.76. The van der Waals surface area contributed by atoms with Gasteiger partial charge in [0.05, 0.1) is 16.2 Å². The standard InChI is InChI=1S/C13H25N3OS/c1-9(2)11-12(18-16-15-11)10(14-5)7-8-13(3,4)17-6/h9-10,14H,7-8H2,1-6H3. The van der Waals surface area contributed by atoms with Gasteiger partial charge in [-0.05, 0) is 51.2 Å². The van der Waals surface area contributed by atoms with Crippen LogP contribution in [0.2, 0.25) is 0 Å². The molecule has 0 bridgehead atoms. The first-order valence-corrected chi connectivity index (χ1v) is 7.23. The second-order valence-corrected chi connectivity index (χ2v) is 6.31. The molecule has 1 N–H and O–H groups in total. The first-order valence-electron chi connectivity index (χ1n) is 6.46. The number of nitrogens with one attached hydrogen (secondary N) is 1. The Balaban J connectivity index is 2.74. The highest BCUT2D eigenvalue weighted by atomic mass is 32.1. The minimum Gasteiger partial charge on any atom is -0.379 e. The third-order valence-electron chi connectivity index (χ3n) is 3.34. The summed E-state index contributed by atoms with van der Waals surface area (Å²) >= 11 is 1.50. The topological polar surface area (TPSA) is 47.0 Å². The van der Waals surface area contributed by atoms with Crippen LogP contribution in [0.4, 0.5) is 0 Å². The van der Waals surface area contributed by atoms with Gasteiger partial charge in [-0.15, -0.1) is 5.10 Å². The van der Waals surface area contributed by atoms with Crippen LogP contribution in [0.25, 0.3) is 0 Å². The van der Waals surface area contributed by atoms with Gasteiger partial charge in [-0.3, -0.25) is 0 Å². The van der Waals surface area contributed by atoms with Crippen molar-refractivity contribution in [2.75, 3.05) is 14.2 Å². The van der Waals surface area contributed by atoms with Crippen molar-refractivity contribution >= 4 is 11.5 Å². The molecule has 0 aliphatic carbocycles. The summed E-state index contributed by atoms with van der Waals surface area (Å²) in [5.74, 6) is 0.421. The molecule has 1 rings (SSSR count). The maximum atomic E-state index is 5.47. The molecule has 104 valence electrons. The van der Waals surface area contributed by atoms with Gasteiger partial charge in [-0.25, -0.2) is 0 Å². The smallest absolute Gasteiger partial charge is 0.0829 e. The van der Waals surface area contributed by atoms with Crippen molar-refractivity contribution in [3.05, 3.63) is 10.6 Å². The number of aromatic nitrogens is 2. The van der Waals surface area contributed by atoms with E-state index in [4.69, 9.17) is 4.74 Å². The highest BCUT2D eigenvalue weighted by Crippen LogP contribution is 2.30. The van der Waals surface area contributed by atoms with Crippen molar-refractivity contribution in [3.63, 3.8) is 0 Å². The molecule has 4 nitrogen and oxygen atoms in total. The average molecular weight is 271 g/mol. The van der Waals surface area contributed by atoms with Crippen LogP contribution in [0.1, 0.15) is 63.1 Å². The minimum absolute atomic E-state index is 0.0782. The SMILES string of the molecule is CNC(CCC(C)(C)OC)c1snnc1C(C)C. The largest absolute Gasteiger partial charge is 0.379 e. The molecular formula is C13H25N3OS. The van der Waals surface area contributed by atoms with Crippen LogP contribution in [0.5, 0.6) is 0 Å². The first kappa shape index (κ1) is 15.5. The van der Waals surface area contributed by atoms with Gasteiger partial charge >= 0.3 is 0 Å². The molecule has 1 aromatic rings. The van der Waals surface area contributed by atoms with Gasteiger partial charge in [0.1, 0.15) is 0 Å². The highest BCUT2D eigenvalue weighted by molar-refractivity contribution is 7.05. The molecule has 0 spiro atoms. The molecule has 0 amide bonds. The Labute approximate surface area is 114 Å². The normalized spacial score (nSPS) is 14.2. The van der Waals surface area contributed by atoms with E-state index in [1.165, 1.54) is 16.4 Å². The Morgan fingerprint density at radius 2 is 2.06 bits per heavy atom. The minimum atomic E-state index is -0.0782. The molecule has 0 radical (unpaired) electrons. The van der Waals surface area contributed by atoms with Crippen molar-refractivity contribution in [2.24, 2.45) is 0 Å². The van der Waals surface area contributed by atoms with Crippen molar-refractivity contribution in [1.29, 1.82) is 0 Å². The van der Waals surface area contributed by atoms with E-state index in [2.05, 4.69) is 42.6 Å². The van der Waals surface area contributed by atoms with Gasteiger partial charge in [0.25, 0.3) is 0 Å². The number of methoxy groups -OCH3 is 1. The van der Waals surface area contributed by atoms with Gasteiger partial charge in [0, 0.05) is 13.2 Å². The molecule has 1 heterocycles. The van der Waals surface area contributed by atoms with Crippen LogP contribution in [0.3, 0.4) is 0 Å². The third kappa shape index (κ3) is 4.00. The van der Waals surface area contributed by atoms with Gasteiger partial charge in [0.15, 0.2) is 0 Å².